The summed E-state index contributed by atoms with van der Waals surface area (Å²) in [6.45, 7) is 1.81. The van der Waals surface area contributed by atoms with Crippen LogP contribution < -0.4 is 0 Å². The molecule has 0 unspecified atom stereocenters. The van der Waals surface area contributed by atoms with E-state index in [1.54, 1.807) is 12.3 Å². The number of aromatic nitrogens is 1. The highest BCUT2D eigenvalue weighted by Crippen LogP contribution is 2.30. The predicted octanol–water partition coefficient (Wildman–Crippen LogP) is 2.52. The second-order valence-electron chi connectivity index (χ2n) is 3.55. The van der Waals surface area contributed by atoms with E-state index in [4.69, 9.17) is 5.11 Å². The first kappa shape index (κ1) is 11.7. The molecule has 0 fully saturated rings. The maximum atomic E-state index is 10.7. The summed E-state index contributed by atoms with van der Waals surface area (Å²) in [7, 11) is 0. The van der Waals surface area contributed by atoms with Gasteiger partial charge in [-0.3, -0.25) is 10.1 Å². The molecule has 0 aliphatic heterocycles. The second-order valence-corrected chi connectivity index (χ2v) is 4.66. The van der Waals surface area contributed by atoms with Crippen molar-refractivity contribution >= 4 is 17.0 Å². The molecule has 1 N–H and O–H groups in total. The fourth-order valence-electron chi connectivity index (χ4n) is 1.46. The van der Waals surface area contributed by atoms with Crippen molar-refractivity contribution < 1.29 is 10.0 Å². The van der Waals surface area contributed by atoms with Crippen LogP contribution in [-0.2, 0) is 6.61 Å². The smallest absolute Gasteiger partial charge is 0.270 e. The molecule has 0 amide bonds. The lowest BCUT2D eigenvalue weighted by atomic mass is 10.1. The maximum absolute atomic E-state index is 10.7. The van der Waals surface area contributed by atoms with Crippen molar-refractivity contribution in [3.05, 3.63) is 45.0 Å². The molecule has 0 spiro atoms. The van der Waals surface area contributed by atoms with Gasteiger partial charge >= 0.3 is 0 Å². The Labute approximate surface area is 102 Å². The van der Waals surface area contributed by atoms with Gasteiger partial charge in [-0.15, -0.1) is 11.3 Å². The van der Waals surface area contributed by atoms with Crippen molar-refractivity contribution in [3.8, 4) is 10.6 Å². The lowest BCUT2D eigenvalue weighted by Gasteiger charge is -2.01. The Morgan fingerprint density at radius 1 is 1.53 bits per heavy atom. The molecule has 1 aromatic heterocycles. The van der Waals surface area contributed by atoms with E-state index in [9.17, 15) is 10.1 Å². The molecule has 5 nitrogen and oxygen atoms in total. The average molecular weight is 250 g/mol. The molecule has 88 valence electrons. The van der Waals surface area contributed by atoms with Crippen LogP contribution in [0.5, 0.6) is 0 Å². The molecular weight excluding hydrogens is 240 g/mol. The summed E-state index contributed by atoms with van der Waals surface area (Å²) in [6, 6.07) is 4.68. The molecule has 0 atom stereocenters. The van der Waals surface area contributed by atoms with Crippen LogP contribution in [0.4, 0.5) is 5.69 Å². The van der Waals surface area contributed by atoms with E-state index < -0.39 is 4.92 Å². The molecule has 1 heterocycles. The van der Waals surface area contributed by atoms with Gasteiger partial charge in [0.1, 0.15) is 5.01 Å². The predicted molar refractivity (Wildman–Crippen MR) is 64.9 cm³/mol. The zero-order chi connectivity index (χ0) is 12.4. The molecule has 1 aromatic carbocycles. The van der Waals surface area contributed by atoms with Gasteiger partial charge in [0, 0.05) is 23.9 Å². The molecule has 0 aliphatic carbocycles. The first-order valence-electron chi connectivity index (χ1n) is 4.93. The van der Waals surface area contributed by atoms with Gasteiger partial charge in [-0.25, -0.2) is 4.98 Å². The highest BCUT2D eigenvalue weighted by atomic mass is 32.1. The van der Waals surface area contributed by atoms with Crippen molar-refractivity contribution in [2.75, 3.05) is 0 Å². The maximum Gasteiger partial charge on any atom is 0.270 e. The Bertz CT molecular complexity index is 566. The number of nitrogens with zero attached hydrogens (tertiary/aromatic N) is 2. The van der Waals surface area contributed by atoms with E-state index in [2.05, 4.69) is 4.98 Å². The number of hydrogen-bond acceptors (Lipinski definition) is 5. The summed E-state index contributed by atoms with van der Waals surface area (Å²) in [5, 5.41) is 20.4. The molecule has 0 bridgehead atoms. The lowest BCUT2D eigenvalue weighted by Crippen LogP contribution is -1.90. The van der Waals surface area contributed by atoms with Crippen LogP contribution in [0, 0.1) is 17.0 Å². The van der Waals surface area contributed by atoms with Crippen LogP contribution in [-0.4, -0.2) is 15.0 Å². The number of nitro benzene ring substituents is 1. The number of aryl methyl sites for hydroxylation is 1. The van der Waals surface area contributed by atoms with Crippen molar-refractivity contribution in [1.82, 2.24) is 4.98 Å². The highest BCUT2D eigenvalue weighted by Gasteiger charge is 2.12. The SMILES string of the molecule is Cc1ccc([N+](=O)[O-])cc1-c1ncc(CO)s1. The third-order valence-corrected chi connectivity index (χ3v) is 3.39. The number of aliphatic hydroxyl groups is 1. The molecular formula is C11H10N2O3S. The molecule has 2 aromatic rings. The first-order chi connectivity index (χ1) is 8.11. The zero-order valence-corrected chi connectivity index (χ0v) is 9.90. The van der Waals surface area contributed by atoms with Gasteiger partial charge in [-0.2, -0.15) is 0 Å². The van der Waals surface area contributed by atoms with Crippen LogP contribution in [0.1, 0.15) is 10.4 Å². The van der Waals surface area contributed by atoms with Crippen molar-refractivity contribution in [2.45, 2.75) is 13.5 Å². The molecule has 17 heavy (non-hydrogen) atoms. The Balaban J connectivity index is 2.49. The van der Waals surface area contributed by atoms with Crippen LogP contribution in [0.3, 0.4) is 0 Å². The summed E-state index contributed by atoms with van der Waals surface area (Å²) in [5.41, 5.74) is 1.71. The van der Waals surface area contributed by atoms with Crippen molar-refractivity contribution in [1.29, 1.82) is 0 Å². The lowest BCUT2D eigenvalue weighted by molar-refractivity contribution is -0.384. The fourth-order valence-corrected chi connectivity index (χ4v) is 2.31. The molecule has 2 rings (SSSR count). The van der Waals surface area contributed by atoms with Crippen LogP contribution in [0.25, 0.3) is 10.6 Å². The number of benzene rings is 1. The number of aliphatic hydroxyl groups excluding tert-OH is 1. The van der Waals surface area contributed by atoms with Crippen molar-refractivity contribution in [2.24, 2.45) is 0 Å². The Morgan fingerprint density at radius 3 is 2.88 bits per heavy atom. The van der Waals surface area contributed by atoms with Gasteiger partial charge in [0.15, 0.2) is 0 Å². The Kier molecular flexibility index (Phi) is 3.16. The van der Waals surface area contributed by atoms with E-state index in [1.807, 2.05) is 6.92 Å². The van der Waals surface area contributed by atoms with Gasteiger partial charge < -0.3 is 5.11 Å². The van der Waals surface area contributed by atoms with Crippen LogP contribution in [0.15, 0.2) is 24.4 Å². The van der Waals surface area contributed by atoms with E-state index in [0.29, 0.717) is 5.01 Å². The number of rotatable bonds is 3. The molecule has 0 aliphatic rings. The number of hydrogen-bond donors (Lipinski definition) is 1. The molecule has 0 saturated heterocycles. The minimum atomic E-state index is -0.427. The summed E-state index contributed by atoms with van der Waals surface area (Å²) in [4.78, 5) is 15.2. The monoisotopic (exact) mass is 250 g/mol. The van der Waals surface area contributed by atoms with Gasteiger partial charge in [-0.05, 0) is 12.5 Å². The zero-order valence-electron chi connectivity index (χ0n) is 9.08. The topological polar surface area (TPSA) is 76.3 Å². The third kappa shape index (κ3) is 2.32. The minimum absolute atomic E-state index is 0.0475. The molecule has 0 radical (unpaired) electrons. The Hall–Kier alpha value is -1.79. The minimum Gasteiger partial charge on any atom is -0.391 e. The van der Waals surface area contributed by atoms with Gasteiger partial charge in [0.05, 0.1) is 16.4 Å². The summed E-state index contributed by atoms with van der Waals surface area (Å²) in [5.74, 6) is 0. The molecule has 0 saturated carbocycles. The number of nitro groups is 1. The van der Waals surface area contributed by atoms with E-state index in [0.717, 1.165) is 16.0 Å². The number of non-ortho nitro benzene ring substituents is 1. The van der Waals surface area contributed by atoms with Crippen molar-refractivity contribution in [3.63, 3.8) is 0 Å². The van der Waals surface area contributed by atoms with Crippen LogP contribution in [0.2, 0.25) is 0 Å². The summed E-state index contributed by atoms with van der Waals surface area (Å²) in [6.07, 6.45) is 1.58. The number of thiazole rings is 1. The highest BCUT2D eigenvalue weighted by molar-refractivity contribution is 7.15. The Morgan fingerprint density at radius 2 is 2.29 bits per heavy atom. The first-order valence-corrected chi connectivity index (χ1v) is 5.74. The summed E-state index contributed by atoms with van der Waals surface area (Å²) >= 11 is 1.34. The quantitative estimate of drug-likeness (QED) is 0.670. The van der Waals surface area contributed by atoms with Gasteiger partial charge in [-0.1, -0.05) is 6.07 Å². The van der Waals surface area contributed by atoms with Gasteiger partial charge in [0.25, 0.3) is 5.69 Å². The van der Waals surface area contributed by atoms with E-state index in [-0.39, 0.29) is 12.3 Å². The standard InChI is InChI=1S/C11H10N2O3S/c1-7-2-3-8(13(15)16)4-10(7)11-12-5-9(6-14)17-11/h2-5,14H,6H2,1H3. The summed E-state index contributed by atoms with van der Waals surface area (Å²) < 4.78 is 0. The average Bonchev–Trinajstić information content (AvgIpc) is 2.77. The van der Waals surface area contributed by atoms with E-state index in [1.165, 1.54) is 23.5 Å². The van der Waals surface area contributed by atoms with E-state index >= 15 is 0 Å². The molecule has 6 heteroatoms. The fraction of sp³-hybridized carbons (Fsp3) is 0.182. The van der Waals surface area contributed by atoms with Gasteiger partial charge in [0.2, 0.25) is 0 Å². The second kappa shape index (κ2) is 4.60. The van der Waals surface area contributed by atoms with Crippen LogP contribution >= 0.6 is 11.3 Å². The largest absolute Gasteiger partial charge is 0.391 e. The third-order valence-electron chi connectivity index (χ3n) is 2.37. The normalized spacial score (nSPS) is 10.5.